The second kappa shape index (κ2) is 9.85. The number of carbonyl (C=O) groups is 1. The molecule has 1 heterocycles. The summed E-state index contributed by atoms with van der Waals surface area (Å²) in [5, 5.41) is 2.87. The highest BCUT2D eigenvalue weighted by Crippen LogP contribution is 2.28. The molecule has 1 N–H and O–H groups in total. The van der Waals surface area contributed by atoms with Crippen molar-refractivity contribution >= 4 is 15.9 Å². The van der Waals surface area contributed by atoms with Gasteiger partial charge in [-0.1, -0.05) is 39.3 Å². The molecule has 1 aliphatic rings. The fourth-order valence-corrected chi connectivity index (χ4v) is 5.02. The molecular formula is C21H34N2O4S. The van der Waals surface area contributed by atoms with E-state index in [1.165, 1.54) is 4.31 Å². The smallest absolute Gasteiger partial charge is 0.243 e. The Balaban J connectivity index is 2.11. The highest BCUT2D eigenvalue weighted by molar-refractivity contribution is 7.89. The van der Waals surface area contributed by atoms with E-state index in [4.69, 9.17) is 4.74 Å². The van der Waals surface area contributed by atoms with Crippen molar-refractivity contribution in [3.8, 4) is 0 Å². The van der Waals surface area contributed by atoms with Gasteiger partial charge >= 0.3 is 0 Å². The number of carbonyl (C=O) groups excluding carboxylic acids is 1. The topological polar surface area (TPSA) is 75.7 Å². The monoisotopic (exact) mass is 410 g/mol. The summed E-state index contributed by atoms with van der Waals surface area (Å²) in [5.74, 6) is -0.217. The average Bonchev–Trinajstić information content (AvgIpc) is 2.67. The maximum absolute atomic E-state index is 13.2. The number of nitrogens with one attached hydrogen (secondary N) is 1. The quantitative estimate of drug-likeness (QED) is 0.668. The lowest BCUT2D eigenvalue weighted by atomic mass is 9.87. The Hall–Kier alpha value is -1.44. The van der Waals surface area contributed by atoms with Crippen LogP contribution in [-0.4, -0.2) is 51.0 Å². The molecule has 2 rings (SSSR count). The molecule has 0 saturated carbocycles. The van der Waals surface area contributed by atoms with Crippen molar-refractivity contribution in [2.24, 2.45) is 0 Å². The maximum Gasteiger partial charge on any atom is 0.243 e. The number of rotatable bonds is 8. The molecule has 0 aliphatic carbocycles. The third-order valence-electron chi connectivity index (χ3n) is 5.05. The maximum atomic E-state index is 13.2. The summed E-state index contributed by atoms with van der Waals surface area (Å²) in [6.07, 6.45) is 2.89. The van der Waals surface area contributed by atoms with Gasteiger partial charge < -0.3 is 10.1 Å². The SMILES string of the molecule is CCOCCCNC(=O)[C@@H]1CCCCN1S(=O)(=O)c1ccc(C(C)(C)C)cc1. The number of piperidine rings is 1. The molecule has 1 amide bonds. The number of benzene rings is 1. The van der Waals surface area contributed by atoms with Crippen LogP contribution in [0.4, 0.5) is 0 Å². The zero-order chi connectivity index (χ0) is 20.8. The Kier molecular flexibility index (Phi) is 8.04. The minimum absolute atomic E-state index is 0.0443. The van der Waals surface area contributed by atoms with Crippen molar-refractivity contribution in [2.75, 3.05) is 26.3 Å². The van der Waals surface area contributed by atoms with E-state index in [0.29, 0.717) is 39.1 Å². The van der Waals surface area contributed by atoms with E-state index in [0.717, 1.165) is 18.4 Å². The predicted molar refractivity (Wildman–Crippen MR) is 111 cm³/mol. The van der Waals surface area contributed by atoms with Crippen molar-refractivity contribution in [3.63, 3.8) is 0 Å². The van der Waals surface area contributed by atoms with Gasteiger partial charge in [-0.15, -0.1) is 0 Å². The lowest BCUT2D eigenvalue weighted by Gasteiger charge is -2.33. The van der Waals surface area contributed by atoms with Crippen LogP contribution in [0.25, 0.3) is 0 Å². The first-order chi connectivity index (χ1) is 13.2. The Labute approximate surface area is 169 Å². The largest absolute Gasteiger partial charge is 0.382 e. The molecule has 1 aromatic rings. The van der Waals surface area contributed by atoms with Crippen LogP contribution in [0.1, 0.15) is 58.9 Å². The van der Waals surface area contributed by atoms with Gasteiger partial charge in [0, 0.05) is 26.3 Å². The zero-order valence-electron chi connectivity index (χ0n) is 17.5. The number of hydrogen-bond acceptors (Lipinski definition) is 4. The number of amides is 1. The van der Waals surface area contributed by atoms with Gasteiger partial charge in [0.15, 0.2) is 0 Å². The molecule has 0 unspecified atom stereocenters. The molecule has 6 nitrogen and oxygen atoms in total. The van der Waals surface area contributed by atoms with E-state index in [2.05, 4.69) is 26.1 Å². The number of nitrogens with zero attached hydrogens (tertiary/aromatic N) is 1. The van der Waals surface area contributed by atoms with E-state index >= 15 is 0 Å². The molecule has 7 heteroatoms. The van der Waals surface area contributed by atoms with Crippen LogP contribution in [0, 0.1) is 0 Å². The van der Waals surface area contributed by atoms with Gasteiger partial charge in [0.2, 0.25) is 15.9 Å². The predicted octanol–water partition coefficient (Wildman–Crippen LogP) is 3.07. The molecule has 1 aromatic carbocycles. The van der Waals surface area contributed by atoms with Crippen LogP contribution in [-0.2, 0) is 25.0 Å². The molecule has 0 aromatic heterocycles. The summed E-state index contributed by atoms with van der Waals surface area (Å²) in [5.41, 5.74) is 1.03. The minimum Gasteiger partial charge on any atom is -0.382 e. The van der Waals surface area contributed by atoms with Gasteiger partial charge in [0.25, 0.3) is 0 Å². The molecule has 0 radical (unpaired) electrons. The summed E-state index contributed by atoms with van der Waals surface area (Å²) >= 11 is 0. The van der Waals surface area contributed by atoms with Crippen molar-refractivity contribution in [1.82, 2.24) is 9.62 Å². The average molecular weight is 411 g/mol. The second-order valence-electron chi connectivity index (χ2n) is 8.24. The van der Waals surface area contributed by atoms with E-state index in [-0.39, 0.29) is 16.2 Å². The Morgan fingerprint density at radius 3 is 2.50 bits per heavy atom. The van der Waals surface area contributed by atoms with Crippen molar-refractivity contribution in [1.29, 1.82) is 0 Å². The van der Waals surface area contributed by atoms with Crippen molar-refractivity contribution in [2.45, 2.75) is 69.7 Å². The summed E-state index contributed by atoms with van der Waals surface area (Å²) in [6.45, 7) is 10.3. The fourth-order valence-electron chi connectivity index (χ4n) is 3.36. The molecular weight excluding hydrogens is 376 g/mol. The van der Waals surface area contributed by atoms with Crippen LogP contribution >= 0.6 is 0 Å². The molecule has 0 spiro atoms. The highest BCUT2D eigenvalue weighted by atomic mass is 32.2. The van der Waals surface area contributed by atoms with Gasteiger partial charge in [0.1, 0.15) is 6.04 Å². The molecule has 0 bridgehead atoms. The zero-order valence-corrected chi connectivity index (χ0v) is 18.3. The first kappa shape index (κ1) is 22.8. The van der Waals surface area contributed by atoms with E-state index in [1.54, 1.807) is 12.1 Å². The first-order valence-corrected chi connectivity index (χ1v) is 11.6. The third kappa shape index (κ3) is 5.78. The number of sulfonamides is 1. The van der Waals surface area contributed by atoms with Gasteiger partial charge in [-0.25, -0.2) is 8.42 Å². The summed E-state index contributed by atoms with van der Waals surface area (Å²) in [4.78, 5) is 12.9. The van der Waals surface area contributed by atoms with Crippen LogP contribution < -0.4 is 5.32 Å². The minimum atomic E-state index is -3.71. The van der Waals surface area contributed by atoms with E-state index < -0.39 is 16.1 Å². The summed E-state index contributed by atoms with van der Waals surface area (Å²) in [6, 6.07) is 6.38. The Morgan fingerprint density at radius 1 is 1.21 bits per heavy atom. The van der Waals surface area contributed by atoms with Gasteiger partial charge in [-0.2, -0.15) is 4.31 Å². The van der Waals surface area contributed by atoms with E-state index in [9.17, 15) is 13.2 Å². The van der Waals surface area contributed by atoms with Crippen LogP contribution in [0.15, 0.2) is 29.2 Å². The summed E-state index contributed by atoms with van der Waals surface area (Å²) < 4.78 is 33.1. The normalized spacial score (nSPS) is 18.8. The molecule has 1 fully saturated rings. The number of ether oxygens (including phenoxy) is 1. The molecule has 1 atom stereocenters. The molecule has 1 aliphatic heterocycles. The van der Waals surface area contributed by atoms with Gasteiger partial charge in [-0.3, -0.25) is 4.79 Å². The lowest BCUT2D eigenvalue weighted by Crippen LogP contribution is -2.52. The highest BCUT2D eigenvalue weighted by Gasteiger charge is 2.37. The fraction of sp³-hybridized carbons (Fsp3) is 0.667. The molecule has 1 saturated heterocycles. The van der Waals surface area contributed by atoms with Crippen LogP contribution in [0.2, 0.25) is 0 Å². The van der Waals surface area contributed by atoms with Crippen molar-refractivity contribution < 1.29 is 17.9 Å². The van der Waals surface area contributed by atoms with E-state index in [1.807, 2.05) is 19.1 Å². The van der Waals surface area contributed by atoms with Crippen molar-refractivity contribution in [3.05, 3.63) is 29.8 Å². The van der Waals surface area contributed by atoms with Gasteiger partial charge in [0.05, 0.1) is 4.90 Å². The second-order valence-corrected chi connectivity index (χ2v) is 10.1. The standard InChI is InChI=1S/C21H34N2O4S/c1-5-27-16-8-14-22-20(24)19-9-6-7-15-23(19)28(25,26)18-12-10-17(11-13-18)21(2,3)4/h10-13,19H,5-9,14-16H2,1-4H3,(H,22,24)/t19-/m0/s1. The first-order valence-electron chi connectivity index (χ1n) is 10.2. The Morgan fingerprint density at radius 2 is 1.89 bits per heavy atom. The summed E-state index contributed by atoms with van der Waals surface area (Å²) in [7, 11) is -3.71. The lowest BCUT2D eigenvalue weighted by molar-refractivity contribution is -0.125. The molecule has 28 heavy (non-hydrogen) atoms. The van der Waals surface area contributed by atoms with Crippen LogP contribution in [0.3, 0.4) is 0 Å². The Bertz CT molecular complexity index is 739. The van der Waals surface area contributed by atoms with Gasteiger partial charge in [-0.05, 0) is 49.3 Å². The number of hydrogen-bond donors (Lipinski definition) is 1. The third-order valence-corrected chi connectivity index (χ3v) is 6.97. The molecule has 158 valence electrons. The van der Waals surface area contributed by atoms with Crippen LogP contribution in [0.5, 0.6) is 0 Å².